The Morgan fingerprint density at radius 2 is 1.81 bits per heavy atom. The Bertz CT molecular complexity index is 502. The summed E-state index contributed by atoms with van der Waals surface area (Å²) < 4.78 is 12.9. The average Bonchev–Trinajstić information content (AvgIpc) is 2.27. The lowest BCUT2D eigenvalue weighted by Gasteiger charge is -2.04. The fourth-order valence-corrected chi connectivity index (χ4v) is 1.36. The van der Waals surface area contributed by atoms with E-state index >= 15 is 0 Å². The summed E-state index contributed by atoms with van der Waals surface area (Å²) in [5.74, 6) is -0.101. The molecule has 0 atom stereocenters. The van der Waals surface area contributed by atoms with Crippen molar-refractivity contribution in [3.05, 3.63) is 46.5 Å². The van der Waals surface area contributed by atoms with Crippen LogP contribution in [0.1, 0.15) is 0 Å². The molecule has 0 bridgehead atoms. The van der Waals surface area contributed by atoms with Gasteiger partial charge in [-0.25, -0.2) is 14.4 Å². The van der Waals surface area contributed by atoms with Gasteiger partial charge in [-0.1, -0.05) is 23.2 Å². The first-order valence-electron chi connectivity index (χ1n) is 4.35. The molecule has 0 spiro atoms. The first-order valence-corrected chi connectivity index (χ1v) is 5.10. The molecule has 0 amide bonds. The van der Waals surface area contributed by atoms with Gasteiger partial charge in [0.1, 0.15) is 5.82 Å². The number of anilines is 2. The lowest BCUT2D eigenvalue weighted by molar-refractivity contribution is 0.628. The van der Waals surface area contributed by atoms with E-state index in [-0.39, 0.29) is 5.02 Å². The molecule has 0 fully saturated rings. The predicted octanol–water partition coefficient (Wildman–Crippen LogP) is 3.67. The van der Waals surface area contributed by atoms with Crippen molar-refractivity contribution < 1.29 is 4.39 Å². The summed E-state index contributed by atoms with van der Waals surface area (Å²) in [6, 6.07) is 4.26. The molecule has 16 heavy (non-hydrogen) atoms. The zero-order valence-electron chi connectivity index (χ0n) is 7.92. The second kappa shape index (κ2) is 4.63. The van der Waals surface area contributed by atoms with E-state index in [2.05, 4.69) is 15.3 Å². The summed E-state index contributed by atoms with van der Waals surface area (Å²) in [7, 11) is 0. The van der Waals surface area contributed by atoms with Gasteiger partial charge < -0.3 is 5.32 Å². The minimum atomic E-state index is -0.468. The van der Waals surface area contributed by atoms with Crippen molar-refractivity contribution in [3.8, 4) is 0 Å². The third kappa shape index (κ3) is 2.59. The summed E-state index contributed by atoms with van der Waals surface area (Å²) in [6.07, 6.45) is 2.92. The predicted molar refractivity (Wildman–Crippen MR) is 61.7 cm³/mol. The molecular formula is C10H6Cl2FN3. The van der Waals surface area contributed by atoms with Gasteiger partial charge >= 0.3 is 0 Å². The van der Waals surface area contributed by atoms with E-state index in [0.29, 0.717) is 16.7 Å². The highest BCUT2D eigenvalue weighted by Crippen LogP contribution is 2.21. The SMILES string of the molecule is Fc1ccc(Nc2ncc(Cl)cn2)cc1Cl. The van der Waals surface area contributed by atoms with E-state index in [9.17, 15) is 4.39 Å². The summed E-state index contributed by atoms with van der Waals surface area (Å²) in [5.41, 5.74) is 0.605. The van der Waals surface area contributed by atoms with Gasteiger partial charge in [-0.2, -0.15) is 0 Å². The summed E-state index contributed by atoms with van der Waals surface area (Å²) in [4.78, 5) is 7.87. The third-order valence-electron chi connectivity index (χ3n) is 1.80. The minimum absolute atomic E-state index is 0.0407. The molecule has 1 aromatic carbocycles. The van der Waals surface area contributed by atoms with Crippen LogP contribution in [0.5, 0.6) is 0 Å². The highest BCUT2D eigenvalue weighted by Gasteiger charge is 2.02. The van der Waals surface area contributed by atoms with Gasteiger partial charge in [0.05, 0.1) is 22.4 Å². The molecule has 1 N–H and O–H groups in total. The van der Waals surface area contributed by atoms with Gasteiger partial charge in [-0.3, -0.25) is 0 Å². The normalized spacial score (nSPS) is 10.2. The van der Waals surface area contributed by atoms with Crippen LogP contribution < -0.4 is 5.32 Å². The van der Waals surface area contributed by atoms with Crippen molar-refractivity contribution >= 4 is 34.8 Å². The van der Waals surface area contributed by atoms with Crippen LogP contribution in [0.3, 0.4) is 0 Å². The Hall–Kier alpha value is -1.39. The maximum absolute atomic E-state index is 12.9. The van der Waals surface area contributed by atoms with E-state index in [1.54, 1.807) is 6.07 Å². The van der Waals surface area contributed by atoms with Gasteiger partial charge in [0.25, 0.3) is 0 Å². The van der Waals surface area contributed by atoms with Crippen LogP contribution >= 0.6 is 23.2 Å². The second-order valence-corrected chi connectivity index (χ2v) is 3.82. The van der Waals surface area contributed by atoms with E-state index in [1.165, 1.54) is 24.5 Å². The van der Waals surface area contributed by atoms with Crippen LogP contribution in [0.15, 0.2) is 30.6 Å². The van der Waals surface area contributed by atoms with Crippen molar-refractivity contribution in [3.63, 3.8) is 0 Å². The largest absolute Gasteiger partial charge is 0.324 e. The standard InChI is InChI=1S/C10H6Cl2FN3/c11-6-4-14-10(15-5-6)16-7-1-2-9(13)8(12)3-7/h1-5H,(H,14,15,16). The number of aromatic nitrogens is 2. The fraction of sp³-hybridized carbons (Fsp3) is 0. The maximum Gasteiger partial charge on any atom is 0.227 e. The number of nitrogens with one attached hydrogen (secondary N) is 1. The molecule has 0 aliphatic carbocycles. The summed E-state index contributed by atoms with van der Waals surface area (Å²) in [5, 5.41) is 3.35. The molecule has 2 rings (SSSR count). The molecule has 2 aromatic rings. The molecule has 0 radical (unpaired) electrons. The smallest absolute Gasteiger partial charge is 0.227 e. The molecule has 82 valence electrons. The van der Waals surface area contributed by atoms with Crippen molar-refractivity contribution in [2.24, 2.45) is 0 Å². The second-order valence-electron chi connectivity index (χ2n) is 2.98. The Morgan fingerprint density at radius 1 is 1.12 bits per heavy atom. The average molecular weight is 258 g/mol. The molecule has 0 aliphatic heterocycles. The Labute approximate surface area is 101 Å². The van der Waals surface area contributed by atoms with Crippen molar-refractivity contribution in [1.82, 2.24) is 9.97 Å². The molecule has 0 aliphatic rings. The van der Waals surface area contributed by atoms with Crippen LogP contribution in [0.4, 0.5) is 16.0 Å². The Balaban J connectivity index is 2.20. The highest BCUT2D eigenvalue weighted by atomic mass is 35.5. The Morgan fingerprint density at radius 3 is 2.44 bits per heavy atom. The topological polar surface area (TPSA) is 37.8 Å². The molecule has 0 saturated heterocycles. The number of halogens is 3. The van der Waals surface area contributed by atoms with Gasteiger partial charge in [0.15, 0.2) is 0 Å². The van der Waals surface area contributed by atoms with Gasteiger partial charge in [-0.05, 0) is 18.2 Å². The van der Waals surface area contributed by atoms with Crippen LogP contribution in [0.2, 0.25) is 10.0 Å². The number of hydrogen-bond donors (Lipinski definition) is 1. The third-order valence-corrected chi connectivity index (χ3v) is 2.28. The summed E-state index contributed by atoms with van der Waals surface area (Å²) in [6.45, 7) is 0. The molecule has 3 nitrogen and oxygen atoms in total. The lowest BCUT2D eigenvalue weighted by Crippen LogP contribution is -1.96. The molecule has 0 unspecified atom stereocenters. The van der Waals surface area contributed by atoms with E-state index in [0.717, 1.165) is 0 Å². The minimum Gasteiger partial charge on any atom is -0.324 e. The van der Waals surface area contributed by atoms with Gasteiger partial charge in [0, 0.05) is 5.69 Å². The molecule has 1 aromatic heterocycles. The van der Waals surface area contributed by atoms with Crippen molar-refractivity contribution in [1.29, 1.82) is 0 Å². The fourth-order valence-electron chi connectivity index (χ4n) is 1.08. The maximum atomic E-state index is 12.9. The Kier molecular flexibility index (Phi) is 3.22. The van der Waals surface area contributed by atoms with Gasteiger partial charge in [-0.15, -0.1) is 0 Å². The van der Waals surface area contributed by atoms with Crippen LogP contribution in [-0.2, 0) is 0 Å². The zero-order valence-corrected chi connectivity index (χ0v) is 9.43. The number of rotatable bonds is 2. The molecule has 6 heteroatoms. The molecule has 1 heterocycles. The van der Waals surface area contributed by atoms with E-state index in [4.69, 9.17) is 23.2 Å². The van der Waals surface area contributed by atoms with Crippen LogP contribution in [-0.4, -0.2) is 9.97 Å². The number of hydrogen-bond acceptors (Lipinski definition) is 3. The lowest BCUT2D eigenvalue weighted by atomic mass is 10.3. The highest BCUT2D eigenvalue weighted by molar-refractivity contribution is 6.31. The summed E-state index contributed by atoms with van der Waals surface area (Å²) >= 11 is 11.3. The van der Waals surface area contributed by atoms with Crippen LogP contribution in [0, 0.1) is 5.82 Å². The monoisotopic (exact) mass is 257 g/mol. The van der Waals surface area contributed by atoms with Gasteiger partial charge in [0.2, 0.25) is 5.95 Å². The number of nitrogens with zero attached hydrogens (tertiary/aromatic N) is 2. The van der Waals surface area contributed by atoms with Crippen LogP contribution in [0.25, 0.3) is 0 Å². The van der Waals surface area contributed by atoms with Crippen molar-refractivity contribution in [2.45, 2.75) is 0 Å². The molecule has 0 saturated carbocycles. The quantitative estimate of drug-likeness (QED) is 0.893. The van der Waals surface area contributed by atoms with Crippen molar-refractivity contribution in [2.75, 3.05) is 5.32 Å². The molecular weight excluding hydrogens is 252 g/mol. The zero-order chi connectivity index (χ0) is 11.5. The number of benzene rings is 1. The van der Waals surface area contributed by atoms with E-state index < -0.39 is 5.82 Å². The first kappa shape index (κ1) is 11.1. The first-order chi connectivity index (χ1) is 7.65. The van der Waals surface area contributed by atoms with E-state index in [1.807, 2.05) is 0 Å².